The normalized spacial score (nSPS) is 35.9. The van der Waals surface area contributed by atoms with E-state index in [0.29, 0.717) is 0 Å². The van der Waals surface area contributed by atoms with E-state index in [1.54, 1.807) is 0 Å². The summed E-state index contributed by atoms with van der Waals surface area (Å²) in [5.74, 6) is 0. The van der Waals surface area contributed by atoms with E-state index in [-0.39, 0.29) is 0 Å². The van der Waals surface area contributed by atoms with Crippen molar-refractivity contribution in [2.75, 3.05) is 13.2 Å². The molecule has 14 nitrogen and oxygen atoms in total. The van der Waals surface area contributed by atoms with Crippen LogP contribution >= 0.6 is 0 Å². The van der Waals surface area contributed by atoms with E-state index in [9.17, 15) is 38.2 Å². The van der Waals surface area contributed by atoms with Crippen LogP contribution in [-0.4, -0.2) is 88.5 Å². The van der Waals surface area contributed by atoms with Gasteiger partial charge in [0.25, 0.3) is 11.1 Å². The summed E-state index contributed by atoms with van der Waals surface area (Å²) in [6, 6.07) is 2.08. The van der Waals surface area contributed by atoms with Crippen molar-refractivity contribution in [1.82, 2.24) is 19.1 Å². The Balaban J connectivity index is 0.000000201. The summed E-state index contributed by atoms with van der Waals surface area (Å²) in [5, 5.41) is 37.2. The standard InChI is InChI=1S/2C10H13FN2O5/c2*1-10(11)7(16)5(4-14)18-8(10)13-3-2-6(15)12-9(13)17/h2*2-3,5,7-8,14,16H,4H2,1H3,(H,12,15,17)/t2*5-,7-,8-,10-/m11/s1. The lowest BCUT2D eigenvalue weighted by atomic mass is 9.98. The number of ether oxygens (including phenoxy) is 2. The lowest BCUT2D eigenvalue weighted by Crippen LogP contribution is -2.43. The summed E-state index contributed by atoms with van der Waals surface area (Å²) in [6.45, 7) is 0.982. The minimum Gasteiger partial charge on any atom is -0.394 e. The predicted octanol–water partition coefficient (Wildman–Crippen LogP) is -2.97. The molecule has 2 saturated heterocycles. The van der Waals surface area contributed by atoms with Crippen LogP contribution in [0.5, 0.6) is 0 Å². The summed E-state index contributed by atoms with van der Waals surface area (Å²) in [5.41, 5.74) is -7.43. The van der Waals surface area contributed by atoms with Gasteiger partial charge < -0.3 is 29.9 Å². The quantitative estimate of drug-likeness (QED) is 0.241. The average molecular weight is 520 g/mol. The van der Waals surface area contributed by atoms with Gasteiger partial charge in [-0.15, -0.1) is 0 Å². The zero-order valence-corrected chi connectivity index (χ0v) is 19.1. The van der Waals surface area contributed by atoms with Gasteiger partial charge in [-0.2, -0.15) is 0 Å². The molecule has 36 heavy (non-hydrogen) atoms. The molecule has 0 saturated carbocycles. The van der Waals surface area contributed by atoms with E-state index < -0.39 is 83.9 Å². The Kier molecular flexibility index (Phi) is 7.77. The molecule has 0 aromatic carbocycles. The number of hydrogen-bond donors (Lipinski definition) is 6. The highest BCUT2D eigenvalue weighted by atomic mass is 19.1. The van der Waals surface area contributed by atoms with Crippen LogP contribution in [0.15, 0.2) is 43.7 Å². The monoisotopic (exact) mass is 520 g/mol. The van der Waals surface area contributed by atoms with Crippen molar-refractivity contribution < 1.29 is 38.7 Å². The maximum absolute atomic E-state index is 14.3. The summed E-state index contributed by atoms with van der Waals surface area (Å²) >= 11 is 0. The van der Waals surface area contributed by atoms with E-state index in [1.807, 2.05) is 9.97 Å². The molecule has 16 heteroatoms. The lowest BCUT2D eigenvalue weighted by molar-refractivity contribution is -0.0611. The van der Waals surface area contributed by atoms with Gasteiger partial charge in [-0.3, -0.25) is 28.7 Å². The van der Waals surface area contributed by atoms with E-state index in [0.717, 1.165) is 47.5 Å². The maximum Gasteiger partial charge on any atom is 0.330 e. The highest BCUT2D eigenvalue weighted by Crippen LogP contribution is 2.41. The molecule has 0 radical (unpaired) electrons. The molecule has 2 aromatic rings. The molecule has 2 aromatic heterocycles. The Bertz CT molecular complexity index is 1200. The van der Waals surface area contributed by atoms with Gasteiger partial charge in [0.05, 0.1) is 13.2 Å². The number of nitrogens with one attached hydrogen (secondary N) is 2. The third-order valence-electron chi connectivity index (χ3n) is 6.00. The molecule has 0 unspecified atom stereocenters. The van der Waals surface area contributed by atoms with Crippen LogP contribution in [0.1, 0.15) is 26.3 Å². The minimum atomic E-state index is -2.25. The van der Waals surface area contributed by atoms with Gasteiger partial charge in [-0.1, -0.05) is 0 Å². The van der Waals surface area contributed by atoms with Crippen LogP contribution in [0.3, 0.4) is 0 Å². The fourth-order valence-electron chi connectivity index (χ4n) is 3.95. The molecule has 0 spiro atoms. The van der Waals surface area contributed by atoms with E-state index in [2.05, 4.69) is 0 Å². The number of hydrogen-bond acceptors (Lipinski definition) is 10. The molecular weight excluding hydrogens is 494 g/mol. The molecule has 2 aliphatic heterocycles. The number of aliphatic hydroxyl groups excluding tert-OH is 4. The second kappa shape index (κ2) is 10.2. The van der Waals surface area contributed by atoms with Crippen LogP contribution in [0.4, 0.5) is 8.78 Å². The molecule has 0 aliphatic carbocycles. The first-order chi connectivity index (χ1) is 16.7. The van der Waals surface area contributed by atoms with Crippen molar-refractivity contribution in [3.05, 3.63) is 66.2 Å². The highest BCUT2D eigenvalue weighted by molar-refractivity contribution is 5.02. The lowest BCUT2D eigenvalue weighted by Gasteiger charge is -2.24. The van der Waals surface area contributed by atoms with Crippen molar-refractivity contribution >= 4 is 0 Å². The number of aliphatic hydroxyl groups is 4. The van der Waals surface area contributed by atoms with Crippen LogP contribution in [-0.2, 0) is 9.47 Å². The number of aromatic amines is 2. The average Bonchev–Trinajstić information content (AvgIpc) is 3.17. The number of H-pyrrole nitrogens is 2. The van der Waals surface area contributed by atoms with Gasteiger partial charge in [-0.05, 0) is 13.8 Å². The summed E-state index contributed by atoms with van der Waals surface area (Å²) in [7, 11) is 0. The molecule has 8 atom stereocenters. The zero-order valence-electron chi connectivity index (χ0n) is 19.1. The van der Waals surface area contributed by atoms with Crippen LogP contribution in [0, 0.1) is 0 Å². The first-order valence-electron chi connectivity index (χ1n) is 10.6. The first kappa shape index (κ1) is 27.6. The second-order valence-corrected chi connectivity index (χ2v) is 8.65. The van der Waals surface area contributed by atoms with E-state index in [4.69, 9.17) is 19.7 Å². The Morgan fingerprint density at radius 3 is 1.39 bits per heavy atom. The largest absolute Gasteiger partial charge is 0.394 e. The Labute approximate surface area is 200 Å². The topological polar surface area (TPSA) is 209 Å². The van der Waals surface area contributed by atoms with Gasteiger partial charge in [0, 0.05) is 24.5 Å². The van der Waals surface area contributed by atoms with Crippen molar-refractivity contribution in [2.24, 2.45) is 0 Å². The van der Waals surface area contributed by atoms with Crippen molar-refractivity contribution in [3.8, 4) is 0 Å². The SMILES string of the molecule is C[C@@]1(F)[C@H](O)[C@@H](CO)O[C@H]1n1ccc(=O)[nH]c1=O.C[C@@]1(F)[C@H](O)[C@@H](CO)O[C@H]1n1ccc(=O)[nH]c1=O. The van der Waals surface area contributed by atoms with Crippen LogP contribution in [0.25, 0.3) is 0 Å². The van der Waals surface area contributed by atoms with Gasteiger partial charge in [0.15, 0.2) is 23.8 Å². The zero-order chi connectivity index (χ0) is 27.0. The van der Waals surface area contributed by atoms with Crippen molar-refractivity contribution in [3.63, 3.8) is 0 Å². The number of halogens is 2. The molecule has 0 bridgehead atoms. The molecule has 6 N–H and O–H groups in total. The number of aromatic nitrogens is 4. The molecule has 2 aliphatic rings. The minimum absolute atomic E-state index is 0.574. The fourth-order valence-corrected chi connectivity index (χ4v) is 3.95. The van der Waals surface area contributed by atoms with Gasteiger partial charge in [0.1, 0.15) is 24.4 Å². The van der Waals surface area contributed by atoms with Crippen molar-refractivity contribution in [1.29, 1.82) is 0 Å². The van der Waals surface area contributed by atoms with Crippen LogP contribution < -0.4 is 22.5 Å². The third kappa shape index (κ3) is 4.95. The number of rotatable bonds is 4. The van der Waals surface area contributed by atoms with Crippen LogP contribution in [0.2, 0.25) is 0 Å². The Morgan fingerprint density at radius 2 is 1.14 bits per heavy atom. The molecule has 4 rings (SSSR count). The summed E-state index contributed by atoms with van der Waals surface area (Å²) in [4.78, 5) is 48.8. The molecule has 0 amide bonds. The Morgan fingerprint density at radius 1 is 0.806 bits per heavy atom. The third-order valence-corrected chi connectivity index (χ3v) is 6.00. The van der Waals surface area contributed by atoms with E-state index in [1.165, 1.54) is 0 Å². The molecule has 200 valence electrons. The smallest absolute Gasteiger partial charge is 0.330 e. The first-order valence-corrected chi connectivity index (χ1v) is 10.6. The summed E-state index contributed by atoms with van der Waals surface area (Å²) < 4.78 is 40.6. The molecule has 2 fully saturated rings. The Hall–Kier alpha value is -3.02. The second-order valence-electron chi connectivity index (χ2n) is 8.65. The molecule has 4 heterocycles. The van der Waals surface area contributed by atoms with Gasteiger partial charge in [-0.25, -0.2) is 18.4 Å². The summed E-state index contributed by atoms with van der Waals surface area (Å²) in [6.07, 6.45) is -6.03. The van der Waals surface area contributed by atoms with E-state index >= 15 is 0 Å². The fraction of sp³-hybridized carbons (Fsp3) is 0.600. The predicted molar refractivity (Wildman–Crippen MR) is 116 cm³/mol. The van der Waals surface area contributed by atoms with Gasteiger partial charge in [0.2, 0.25) is 0 Å². The number of nitrogens with zero attached hydrogens (tertiary/aromatic N) is 2. The highest BCUT2D eigenvalue weighted by Gasteiger charge is 2.56. The molecular formula is C20H26F2N4O10. The van der Waals surface area contributed by atoms with Crippen molar-refractivity contribution in [2.45, 2.75) is 62.1 Å². The number of alkyl halides is 2. The maximum atomic E-state index is 14.3. The van der Waals surface area contributed by atoms with Gasteiger partial charge >= 0.3 is 11.4 Å².